The topological polar surface area (TPSA) is 74.7 Å². The molecule has 1 aliphatic heterocycles. The van der Waals surface area contributed by atoms with Crippen molar-refractivity contribution >= 4 is 11.9 Å². The second-order valence-corrected chi connectivity index (χ2v) is 7.06. The van der Waals surface area contributed by atoms with E-state index in [4.69, 9.17) is 4.74 Å². The van der Waals surface area contributed by atoms with Crippen LogP contribution >= 0.6 is 0 Å². The molecule has 1 aromatic heterocycles. The molecule has 168 valence electrons. The lowest BCUT2D eigenvalue weighted by atomic mass is 10.1. The van der Waals surface area contributed by atoms with Gasteiger partial charge in [0.15, 0.2) is 5.96 Å². The summed E-state index contributed by atoms with van der Waals surface area (Å²) in [5, 5.41) is 5.95. The summed E-state index contributed by atoms with van der Waals surface area (Å²) in [4.78, 5) is 13.6. The molecule has 1 fully saturated rings. The zero-order chi connectivity index (χ0) is 22.4. The van der Waals surface area contributed by atoms with E-state index < -0.39 is 11.9 Å². The van der Waals surface area contributed by atoms with Gasteiger partial charge in [0.2, 0.25) is 5.95 Å². The molecule has 7 nitrogen and oxygen atoms in total. The Bertz CT molecular complexity index is 890. The summed E-state index contributed by atoms with van der Waals surface area (Å²) in [5.41, 5.74) is -0.125. The molecule has 0 bridgehead atoms. The number of hydrogen-bond donors (Lipinski definition) is 2. The fourth-order valence-corrected chi connectivity index (χ4v) is 3.27. The van der Waals surface area contributed by atoms with Gasteiger partial charge in [-0.2, -0.15) is 13.2 Å². The van der Waals surface area contributed by atoms with Crippen molar-refractivity contribution < 1.29 is 22.3 Å². The average molecular weight is 440 g/mol. The Hall–Kier alpha value is -2.95. The minimum atomic E-state index is -4.52. The first kappa shape index (κ1) is 22.7. The van der Waals surface area contributed by atoms with Gasteiger partial charge in [0.1, 0.15) is 17.6 Å². The van der Waals surface area contributed by atoms with Crippen LogP contribution in [-0.4, -0.2) is 60.2 Å². The number of ether oxygens (including phenoxy) is 1. The molecule has 2 heterocycles. The van der Waals surface area contributed by atoms with Crippen molar-refractivity contribution in [1.29, 1.82) is 0 Å². The van der Waals surface area contributed by atoms with Crippen LogP contribution in [-0.2, 0) is 10.9 Å². The van der Waals surface area contributed by atoms with Crippen LogP contribution < -0.4 is 10.6 Å². The van der Waals surface area contributed by atoms with Gasteiger partial charge in [-0.3, -0.25) is 4.99 Å². The van der Waals surface area contributed by atoms with Gasteiger partial charge >= 0.3 is 6.18 Å². The number of benzene rings is 1. The van der Waals surface area contributed by atoms with Gasteiger partial charge < -0.3 is 20.3 Å². The summed E-state index contributed by atoms with van der Waals surface area (Å²) >= 11 is 0. The second kappa shape index (κ2) is 9.90. The fourth-order valence-electron chi connectivity index (χ4n) is 3.27. The third-order valence-electron chi connectivity index (χ3n) is 4.65. The van der Waals surface area contributed by atoms with Crippen molar-refractivity contribution in [3.8, 4) is 0 Å². The Balaban J connectivity index is 1.54. The van der Waals surface area contributed by atoms with E-state index in [1.807, 2.05) is 11.8 Å². The number of guanidine groups is 1. The molecule has 31 heavy (non-hydrogen) atoms. The van der Waals surface area contributed by atoms with E-state index in [-0.39, 0.29) is 24.0 Å². The maximum Gasteiger partial charge on any atom is 0.433 e. The summed E-state index contributed by atoms with van der Waals surface area (Å²) in [5.74, 6) is 0.233. The highest BCUT2D eigenvalue weighted by Gasteiger charge is 2.32. The molecule has 0 spiro atoms. The van der Waals surface area contributed by atoms with Crippen LogP contribution in [0.15, 0.2) is 41.5 Å². The minimum Gasteiger partial charge on any atom is -0.367 e. The van der Waals surface area contributed by atoms with Gasteiger partial charge in [0.25, 0.3) is 0 Å². The van der Waals surface area contributed by atoms with Crippen LogP contribution in [0.2, 0.25) is 0 Å². The maximum absolute atomic E-state index is 13.2. The highest BCUT2D eigenvalue weighted by Crippen LogP contribution is 2.27. The summed E-state index contributed by atoms with van der Waals surface area (Å²) < 4.78 is 57.4. The van der Waals surface area contributed by atoms with Crippen LogP contribution in [0, 0.1) is 5.82 Å². The van der Waals surface area contributed by atoms with Gasteiger partial charge in [-0.25, -0.2) is 14.4 Å². The van der Waals surface area contributed by atoms with Crippen molar-refractivity contribution in [3.05, 3.63) is 53.6 Å². The highest BCUT2D eigenvalue weighted by atomic mass is 19.4. The van der Waals surface area contributed by atoms with Gasteiger partial charge in [0.05, 0.1) is 12.6 Å². The maximum atomic E-state index is 13.2. The molecule has 11 heteroatoms. The molecule has 0 amide bonds. The lowest BCUT2D eigenvalue weighted by Crippen LogP contribution is -2.51. The van der Waals surface area contributed by atoms with E-state index in [1.165, 1.54) is 12.1 Å². The van der Waals surface area contributed by atoms with Crippen LogP contribution in [0.3, 0.4) is 0 Å². The monoisotopic (exact) mass is 440 g/mol. The summed E-state index contributed by atoms with van der Waals surface area (Å²) in [7, 11) is 1.65. The number of aromatic nitrogens is 2. The predicted octanol–water partition coefficient (Wildman–Crippen LogP) is 3.08. The van der Waals surface area contributed by atoms with Crippen LogP contribution in [0.1, 0.15) is 24.3 Å². The number of nitrogens with zero attached hydrogens (tertiary/aromatic N) is 4. The lowest BCUT2D eigenvalue weighted by molar-refractivity contribution is -0.141. The normalized spacial score (nSPS) is 19.9. The van der Waals surface area contributed by atoms with Crippen LogP contribution in [0.25, 0.3) is 0 Å². The Morgan fingerprint density at radius 2 is 1.94 bits per heavy atom. The molecule has 0 radical (unpaired) electrons. The van der Waals surface area contributed by atoms with Crippen molar-refractivity contribution in [2.24, 2.45) is 4.99 Å². The van der Waals surface area contributed by atoms with Gasteiger partial charge in [-0.05, 0) is 30.7 Å². The number of nitrogens with one attached hydrogen (secondary N) is 2. The quantitative estimate of drug-likeness (QED) is 0.322. The Morgan fingerprint density at radius 3 is 2.61 bits per heavy atom. The molecular formula is C20H24F4N6O. The molecule has 3 rings (SSSR count). The average Bonchev–Trinajstić information content (AvgIpc) is 2.73. The lowest BCUT2D eigenvalue weighted by Gasteiger charge is -2.38. The van der Waals surface area contributed by atoms with Crippen LogP contribution in [0.4, 0.5) is 23.5 Å². The van der Waals surface area contributed by atoms with Gasteiger partial charge in [-0.1, -0.05) is 12.1 Å². The van der Waals surface area contributed by atoms with E-state index in [2.05, 4.69) is 25.6 Å². The standard InChI is InChI=1S/C20H24F4N6O/c1-13-11-30(12-16(31-13)14-3-5-15(21)6-4-14)19(25-2)28-10-9-27-18-26-8-7-17(29-18)20(22,23)24/h3-8,13,16H,9-12H2,1-2H3,(H,25,28)(H,26,27,29). The number of alkyl halides is 3. The highest BCUT2D eigenvalue weighted by molar-refractivity contribution is 5.80. The van der Waals surface area contributed by atoms with Gasteiger partial charge in [-0.15, -0.1) is 0 Å². The molecule has 2 unspecified atom stereocenters. The van der Waals surface area contributed by atoms with E-state index in [0.29, 0.717) is 32.1 Å². The molecule has 0 aliphatic carbocycles. The third kappa shape index (κ3) is 6.27. The molecule has 2 atom stereocenters. The number of aliphatic imine (C=N–C) groups is 1. The molecule has 1 saturated heterocycles. The molecule has 2 aromatic rings. The smallest absolute Gasteiger partial charge is 0.367 e. The second-order valence-electron chi connectivity index (χ2n) is 7.06. The first-order chi connectivity index (χ1) is 14.8. The molecule has 1 aliphatic rings. The fraction of sp³-hybridized carbons (Fsp3) is 0.450. The first-order valence-electron chi connectivity index (χ1n) is 9.77. The SMILES string of the molecule is CN=C(NCCNc1nccc(C(F)(F)F)n1)N1CC(C)OC(c2ccc(F)cc2)C1. The van der Waals surface area contributed by atoms with E-state index in [1.54, 1.807) is 19.2 Å². The van der Waals surface area contributed by atoms with Gasteiger partial charge in [0, 0.05) is 32.9 Å². The van der Waals surface area contributed by atoms with Crippen molar-refractivity contribution in [1.82, 2.24) is 20.2 Å². The summed E-state index contributed by atoms with van der Waals surface area (Å²) in [6, 6.07) is 7.02. The molecule has 1 aromatic carbocycles. The van der Waals surface area contributed by atoms with Crippen molar-refractivity contribution in [3.63, 3.8) is 0 Å². The number of halogens is 4. The summed E-state index contributed by atoms with van der Waals surface area (Å²) in [6.07, 6.45) is -3.76. The predicted molar refractivity (Wildman–Crippen MR) is 108 cm³/mol. The van der Waals surface area contributed by atoms with E-state index in [9.17, 15) is 17.6 Å². The number of hydrogen-bond acceptors (Lipinski definition) is 5. The largest absolute Gasteiger partial charge is 0.433 e. The Morgan fingerprint density at radius 1 is 1.19 bits per heavy atom. The molecule has 2 N–H and O–H groups in total. The zero-order valence-electron chi connectivity index (χ0n) is 17.2. The number of rotatable bonds is 5. The van der Waals surface area contributed by atoms with Crippen molar-refractivity contribution in [2.45, 2.75) is 25.3 Å². The van der Waals surface area contributed by atoms with Crippen molar-refractivity contribution in [2.75, 3.05) is 38.5 Å². The number of morpholine rings is 1. The number of anilines is 1. The van der Waals surface area contributed by atoms with Crippen LogP contribution in [0.5, 0.6) is 0 Å². The Labute approximate surface area is 177 Å². The minimum absolute atomic E-state index is 0.0704. The molecule has 0 saturated carbocycles. The first-order valence-corrected chi connectivity index (χ1v) is 9.77. The Kier molecular flexibility index (Phi) is 7.26. The summed E-state index contributed by atoms with van der Waals surface area (Å²) in [6.45, 7) is 3.77. The van der Waals surface area contributed by atoms with E-state index >= 15 is 0 Å². The zero-order valence-corrected chi connectivity index (χ0v) is 17.2. The molecular weight excluding hydrogens is 416 g/mol. The third-order valence-corrected chi connectivity index (χ3v) is 4.65. The van der Waals surface area contributed by atoms with E-state index in [0.717, 1.165) is 17.8 Å².